The normalized spacial score (nSPS) is 14.0. The SMILES string of the molecule is CCc1ccc2c(c1)C(=O)C(=O)N2Cc1c(C)noc1C. The molecule has 1 aromatic heterocycles. The Morgan fingerprint density at radius 2 is 2.00 bits per heavy atom. The van der Waals surface area contributed by atoms with Gasteiger partial charge < -0.3 is 9.42 Å². The first-order valence-corrected chi connectivity index (χ1v) is 6.93. The highest BCUT2D eigenvalue weighted by molar-refractivity contribution is 6.52. The van der Waals surface area contributed by atoms with E-state index in [-0.39, 0.29) is 0 Å². The largest absolute Gasteiger partial charge is 0.361 e. The predicted molar refractivity (Wildman–Crippen MR) is 77.3 cm³/mol. The van der Waals surface area contributed by atoms with E-state index in [0.717, 1.165) is 23.2 Å². The van der Waals surface area contributed by atoms with Crippen molar-refractivity contribution in [1.29, 1.82) is 0 Å². The molecule has 0 aliphatic carbocycles. The molecule has 2 heterocycles. The Balaban J connectivity index is 2.02. The second kappa shape index (κ2) is 4.84. The fourth-order valence-corrected chi connectivity index (χ4v) is 2.61. The third-order valence-electron chi connectivity index (χ3n) is 3.94. The maximum atomic E-state index is 12.2. The average Bonchev–Trinajstić information content (AvgIpc) is 2.93. The first-order valence-electron chi connectivity index (χ1n) is 6.93. The summed E-state index contributed by atoms with van der Waals surface area (Å²) in [5.74, 6) is -0.253. The number of amides is 1. The molecule has 0 radical (unpaired) electrons. The van der Waals surface area contributed by atoms with Crippen molar-refractivity contribution in [3.05, 3.63) is 46.3 Å². The Labute approximate surface area is 122 Å². The smallest absolute Gasteiger partial charge is 0.299 e. The van der Waals surface area contributed by atoms with Crippen LogP contribution in [-0.4, -0.2) is 16.8 Å². The van der Waals surface area contributed by atoms with Gasteiger partial charge in [-0.3, -0.25) is 9.59 Å². The fourth-order valence-electron chi connectivity index (χ4n) is 2.61. The molecule has 0 fully saturated rings. The van der Waals surface area contributed by atoms with Gasteiger partial charge in [-0.05, 0) is 38.0 Å². The Kier molecular flexibility index (Phi) is 3.12. The number of rotatable bonds is 3. The first kappa shape index (κ1) is 13.5. The molecule has 1 aromatic carbocycles. The molecule has 1 aliphatic heterocycles. The summed E-state index contributed by atoms with van der Waals surface area (Å²) in [5, 5.41) is 3.89. The summed E-state index contributed by atoms with van der Waals surface area (Å²) in [6, 6.07) is 5.60. The third kappa shape index (κ3) is 2.05. The van der Waals surface area contributed by atoms with Gasteiger partial charge in [0.1, 0.15) is 5.76 Å². The first-order chi connectivity index (χ1) is 10.0. The second-order valence-corrected chi connectivity index (χ2v) is 5.23. The highest BCUT2D eigenvalue weighted by Gasteiger charge is 2.36. The Bertz CT molecular complexity index is 726. The molecule has 0 atom stereocenters. The summed E-state index contributed by atoms with van der Waals surface area (Å²) in [5.41, 5.74) is 3.80. The molecule has 2 aromatic rings. The summed E-state index contributed by atoms with van der Waals surface area (Å²) in [6.07, 6.45) is 0.832. The number of nitrogens with zero attached hydrogens (tertiary/aromatic N) is 2. The molecule has 0 unspecified atom stereocenters. The molecule has 0 saturated carbocycles. The van der Waals surface area contributed by atoms with Gasteiger partial charge in [0.15, 0.2) is 0 Å². The van der Waals surface area contributed by atoms with Crippen LogP contribution in [0, 0.1) is 13.8 Å². The van der Waals surface area contributed by atoms with Crippen LogP contribution in [0.15, 0.2) is 22.7 Å². The van der Waals surface area contributed by atoms with E-state index in [1.807, 2.05) is 32.0 Å². The summed E-state index contributed by atoms with van der Waals surface area (Å²) >= 11 is 0. The molecule has 108 valence electrons. The lowest BCUT2D eigenvalue weighted by atomic mass is 10.1. The van der Waals surface area contributed by atoms with Crippen LogP contribution in [0.2, 0.25) is 0 Å². The Morgan fingerprint density at radius 3 is 2.62 bits per heavy atom. The van der Waals surface area contributed by atoms with E-state index in [2.05, 4.69) is 5.16 Å². The monoisotopic (exact) mass is 284 g/mol. The van der Waals surface area contributed by atoms with E-state index >= 15 is 0 Å². The zero-order valence-electron chi connectivity index (χ0n) is 12.3. The van der Waals surface area contributed by atoms with Gasteiger partial charge in [-0.1, -0.05) is 18.1 Å². The lowest BCUT2D eigenvalue weighted by Gasteiger charge is -2.16. The van der Waals surface area contributed by atoms with E-state index in [1.54, 1.807) is 6.92 Å². The van der Waals surface area contributed by atoms with E-state index in [4.69, 9.17) is 4.52 Å². The van der Waals surface area contributed by atoms with Gasteiger partial charge in [0.05, 0.1) is 23.5 Å². The van der Waals surface area contributed by atoms with E-state index < -0.39 is 11.7 Å². The number of anilines is 1. The zero-order chi connectivity index (χ0) is 15.1. The molecule has 5 nitrogen and oxygen atoms in total. The molecular formula is C16H16N2O3. The molecule has 1 amide bonds. The highest BCUT2D eigenvalue weighted by Crippen LogP contribution is 2.32. The molecular weight excluding hydrogens is 268 g/mol. The zero-order valence-corrected chi connectivity index (χ0v) is 12.3. The minimum absolute atomic E-state index is 0.310. The highest BCUT2D eigenvalue weighted by atomic mass is 16.5. The summed E-state index contributed by atoms with van der Waals surface area (Å²) in [7, 11) is 0. The van der Waals surface area contributed by atoms with Crippen LogP contribution in [-0.2, 0) is 17.8 Å². The number of hydrogen-bond donors (Lipinski definition) is 0. The Morgan fingerprint density at radius 1 is 1.24 bits per heavy atom. The van der Waals surface area contributed by atoms with Crippen molar-refractivity contribution >= 4 is 17.4 Å². The quantitative estimate of drug-likeness (QED) is 0.813. The van der Waals surface area contributed by atoms with Crippen molar-refractivity contribution in [1.82, 2.24) is 5.16 Å². The van der Waals surface area contributed by atoms with Crippen LogP contribution in [0.1, 0.15) is 39.9 Å². The van der Waals surface area contributed by atoms with Crippen molar-refractivity contribution < 1.29 is 14.1 Å². The topological polar surface area (TPSA) is 63.4 Å². The third-order valence-corrected chi connectivity index (χ3v) is 3.94. The van der Waals surface area contributed by atoms with Gasteiger partial charge >= 0.3 is 0 Å². The molecule has 21 heavy (non-hydrogen) atoms. The summed E-state index contributed by atoms with van der Waals surface area (Å²) in [6.45, 7) is 5.96. The molecule has 3 rings (SSSR count). The molecule has 5 heteroatoms. The maximum absolute atomic E-state index is 12.2. The van der Waals surface area contributed by atoms with Crippen molar-refractivity contribution in [2.24, 2.45) is 0 Å². The van der Waals surface area contributed by atoms with Crippen LogP contribution >= 0.6 is 0 Å². The van der Waals surface area contributed by atoms with Crippen LogP contribution in [0.25, 0.3) is 0 Å². The lowest BCUT2D eigenvalue weighted by Crippen LogP contribution is -2.29. The standard InChI is InChI=1S/C16H16N2O3/c1-4-11-5-6-14-12(7-11)15(19)16(20)18(14)8-13-9(2)17-21-10(13)3/h5-7H,4,8H2,1-3H3. The van der Waals surface area contributed by atoms with Gasteiger partial charge in [0.2, 0.25) is 0 Å². The minimum atomic E-state index is -0.488. The predicted octanol–water partition coefficient (Wildman–Crippen LogP) is 2.58. The van der Waals surface area contributed by atoms with Gasteiger partial charge in [-0.15, -0.1) is 0 Å². The molecule has 0 spiro atoms. The summed E-state index contributed by atoms with van der Waals surface area (Å²) < 4.78 is 5.12. The summed E-state index contributed by atoms with van der Waals surface area (Å²) in [4.78, 5) is 25.9. The number of carbonyl (C=O) groups is 2. The van der Waals surface area contributed by atoms with Crippen molar-refractivity contribution in [3.63, 3.8) is 0 Å². The lowest BCUT2D eigenvalue weighted by molar-refractivity contribution is -0.114. The van der Waals surface area contributed by atoms with Crippen LogP contribution in [0.3, 0.4) is 0 Å². The number of ketones is 1. The fraction of sp³-hybridized carbons (Fsp3) is 0.312. The maximum Gasteiger partial charge on any atom is 0.299 e. The van der Waals surface area contributed by atoms with Crippen molar-refractivity contribution in [3.8, 4) is 0 Å². The number of carbonyl (C=O) groups excluding carboxylic acids is 2. The van der Waals surface area contributed by atoms with Gasteiger partial charge in [0, 0.05) is 5.56 Å². The van der Waals surface area contributed by atoms with E-state index in [1.165, 1.54) is 4.90 Å². The van der Waals surface area contributed by atoms with Crippen molar-refractivity contribution in [2.75, 3.05) is 4.90 Å². The van der Waals surface area contributed by atoms with Crippen LogP contribution in [0.5, 0.6) is 0 Å². The number of fused-ring (bicyclic) bond motifs is 1. The molecule has 0 bridgehead atoms. The van der Waals surface area contributed by atoms with Gasteiger partial charge in [-0.25, -0.2) is 0 Å². The number of aromatic nitrogens is 1. The number of hydrogen-bond acceptors (Lipinski definition) is 4. The van der Waals surface area contributed by atoms with E-state index in [9.17, 15) is 9.59 Å². The second-order valence-electron chi connectivity index (χ2n) is 5.23. The Hall–Kier alpha value is -2.43. The van der Waals surface area contributed by atoms with Gasteiger partial charge in [-0.2, -0.15) is 0 Å². The van der Waals surface area contributed by atoms with Crippen LogP contribution < -0.4 is 4.90 Å². The molecule has 1 aliphatic rings. The number of aryl methyl sites for hydroxylation is 3. The molecule has 0 saturated heterocycles. The van der Waals surface area contributed by atoms with Crippen molar-refractivity contribution in [2.45, 2.75) is 33.7 Å². The molecule has 0 N–H and O–H groups in total. The van der Waals surface area contributed by atoms with Gasteiger partial charge in [0.25, 0.3) is 11.7 Å². The minimum Gasteiger partial charge on any atom is -0.361 e. The van der Waals surface area contributed by atoms with E-state index in [0.29, 0.717) is 23.6 Å². The number of benzene rings is 1. The number of Topliss-reactive ketones (excluding diaryl/α,β-unsaturated/α-hetero) is 1. The van der Waals surface area contributed by atoms with Crippen LogP contribution in [0.4, 0.5) is 5.69 Å². The average molecular weight is 284 g/mol.